The van der Waals surface area contributed by atoms with Gasteiger partial charge in [0, 0.05) is 27.6 Å². The second-order valence-electron chi connectivity index (χ2n) is 2.95. The maximum Gasteiger partial charge on any atom is 0.0594 e. The van der Waals surface area contributed by atoms with Gasteiger partial charge in [-0.1, -0.05) is 20.3 Å². The molecule has 12 heavy (non-hydrogen) atoms. The molecule has 3 nitrogen and oxygen atoms in total. The molecule has 1 saturated heterocycles. The minimum absolute atomic E-state index is 0. The Labute approximate surface area is 77.4 Å². The van der Waals surface area contributed by atoms with Gasteiger partial charge in [-0.05, 0) is 0 Å². The van der Waals surface area contributed by atoms with Gasteiger partial charge in [0.05, 0.1) is 13.2 Å². The summed E-state index contributed by atoms with van der Waals surface area (Å²) in [6.45, 7) is 9.89. The van der Waals surface area contributed by atoms with Crippen LogP contribution < -0.4 is 5.73 Å². The summed E-state index contributed by atoms with van der Waals surface area (Å²) in [7, 11) is 0. The summed E-state index contributed by atoms with van der Waals surface area (Å²) < 4.78 is 5.16. The standard InChI is InChI=1S/C6H14N2O.C3H8.H2/c7-1-2-8-3-5-9-6-4-8;1-3-2;/h1-7H2;3H2,1-2H3;1H. The number of rotatable bonds is 2. The van der Waals surface area contributed by atoms with E-state index in [1.165, 1.54) is 6.42 Å². The van der Waals surface area contributed by atoms with E-state index < -0.39 is 0 Å². The van der Waals surface area contributed by atoms with E-state index in [4.69, 9.17) is 10.5 Å². The second-order valence-corrected chi connectivity index (χ2v) is 2.95. The fourth-order valence-electron chi connectivity index (χ4n) is 1.01. The van der Waals surface area contributed by atoms with Gasteiger partial charge in [-0.25, -0.2) is 0 Å². The molecule has 0 aromatic heterocycles. The van der Waals surface area contributed by atoms with Crippen molar-refractivity contribution in [3.05, 3.63) is 0 Å². The predicted molar refractivity (Wildman–Crippen MR) is 54.4 cm³/mol. The topological polar surface area (TPSA) is 38.5 Å². The van der Waals surface area contributed by atoms with Gasteiger partial charge in [0.25, 0.3) is 0 Å². The highest BCUT2D eigenvalue weighted by Crippen LogP contribution is 1.93. The summed E-state index contributed by atoms with van der Waals surface area (Å²) in [5.41, 5.74) is 5.38. The molecule has 1 aliphatic rings. The van der Waals surface area contributed by atoms with E-state index in [0.29, 0.717) is 0 Å². The quantitative estimate of drug-likeness (QED) is 0.680. The fraction of sp³-hybridized carbons (Fsp3) is 1.00. The Morgan fingerprint density at radius 3 is 2.25 bits per heavy atom. The molecular weight excluding hydrogens is 152 g/mol. The van der Waals surface area contributed by atoms with Gasteiger partial charge in [-0.2, -0.15) is 0 Å². The van der Waals surface area contributed by atoms with Gasteiger partial charge >= 0.3 is 0 Å². The zero-order chi connectivity index (χ0) is 9.23. The molecule has 0 aromatic carbocycles. The largest absolute Gasteiger partial charge is 0.379 e. The van der Waals surface area contributed by atoms with Gasteiger partial charge in [0.15, 0.2) is 0 Å². The van der Waals surface area contributed by atoms with E-state index in [1.54, 1.807) is 0 Å². The molecule has 3 heteroatoms. The van der Waals surface area contributed by atoms with Crippen LogP contribution in [0.3, 0.4) is 0 Å². The van der Waals surface area contributed by atoms with Gasteiger partial charge in [0.1, 0.15) is 0 Å². The Bertz CT molecular complexity index is 84.9. The highest BCUT2D eigenvalue weighted by Gasteiger charge is 2.07. The highest BCUT2D eigenvalue weighted by molar-refractivity contribution is 4.60. The first-order valence-electron chi connectivity index (χ1n) is 4.85. The van der Waals surface area contributed by atoms with Crippen molar-refractivity contribution in [2.24, 2.45) is 5.73 Å². The van der Waals surface area contributed by atoms with E-state index in [0.717, 1.165) is 39.4 Å². The van der Waals surface area contributed by atoms with Gasteiger partial charge < -0.3 is 10.5 Å². The van der Waals surface area contributed by atoms with Crippen molar-refractivity contribution in [2.75, 3.05) is 39.4 Å². The maximum atomic E-state index is 5.38. The van der Waals surface area contributed by atoms with Crippen LogP contribution in [0.1, 0.15) is 21.7 Å². The number of nitrogens with two attached hydrogens (primary N) is 1. The summed E-state index contributed by atoms with van der Waals surface area (Å²) in [6, 6.07) is 0. The molecule has 1 aliphatic heterocycles. The van der Waals surface area contributed by atoms with E-state index in [2.05, 4.69) is 18.7 Å². The van der Waals surface area contributed by atoms with Gasteiger partial charge in [-0.3, -0.25) is 4.90 Å². The lowest BCUT2D eigenvalue weighted by atomic mass is 10.4. The zero-order valence-corrected chi connectivity index (χ0v) is 8.38. The Hall–Kier alpha value is -0.120. The zero-order valence-electron chi connectivity index (χ0n) is 8.38. The lowest BCUT2D eigenvalue weighted by Gasteiger charge is -2.25. The summed E-state index contributed by atoms with van der Waals surface area (Å²) >= 11 is 0. The van der Waals surface area contributed by atoms with Crippen LogP contribution in [-0.4, -0.2) is 44.3 Å². The molecule has 0 radical (unpaired) electrons. The molecule has 0 aromatic rings. The van der Waals surface area contributed by atoms with Crippen molar-refractivity contribution in [2.45, 2.75) is 20.3 Å². The lowest BCUT2D eigenvalue weighted by Crippen LogP contribution is -2.39. The summed E-state index contributed by atoms with van der Waals surface area (Å²) in [5.74, 6) is 0. The number of hydrogen-bond acceptors (Lipinski definition) is 3. The molecule has 0 amide bonds. The highest BCUT2D eigenvalue weighted by atomic mass is 16.5. The van der Waals surface area contributed by atoms with Crippen LogP contribution in [0.25, 0.3) is 0 Å². The van der Waals surface area contributed by atoms with E-state index in [9.17, 15) is 0 Å². The van der Waals surface area contributed by atoms with Crippen molar-refractivity contribution < 1.29 is 6.16 Å². The van der Waals surface area contributed by atoms with Crippen molar-refractivity contribution >= 4 is 0 Å². The number of ether oxygens (including phenoxy) is 1. The number of morpholine rings is 1. The maximum absolute atomic E-state index is 5.38. The van der Waals surface area contributed by atoms with Gasteiger partial charge in [-0.15, -0.1) is 0 Å². The third-order valence-electron chi connectivity index (χ3n) is 1.55. The average molecular weight is 176 g/mol. The summed E-state index contributed by atoms with van der Waals surface area (Å²) in [6.07, 6.45) is 1.25. The SMILES string of the molecule is CCC.NCCN1CCOCC1.[HH]. The Morgan fingerprint density at radius 2 is 1.83 bits per heavy atom. The van der Waals surface area contributed by atoms with Crippen molar-refractivity contribution in [1.82, 2.24) is 4.90 Å². The summed E-state index contributed by atoms with van der Waals surface area (Å²) in [5, 5.41) is 0. The van der Waals surface area contributed by atoms with Crippen LogP contribution >= 0.6 is 0 Å². The lowest BCUT2D eigenvalue weighted by molar-refractivity contribution is 0.0394. The molecule has 0 spiro atoms. The molecule has 76 valence electrons. The molecule has 2 N–H and O–H groups in total. The molecule has 1 heterocycles. The first-order chi connectivity index (χ1) is 5.85. The molecule has 0 saturated carbocycles. The first kappa shape index (κ1) is 11.9. The first-order valence-corrected chi connectivity index (χ1v) is 4.85. The van der Waals surface area contributed by atoms with Crippen molar-refractivity contribution in [1.29, 1.82) is 0 Å². The minimum atomic E-state index is 0. The van der Waals surface area contributed by atoms with Crippen LogP contribution in [0.4, 0.5) is 0 Å². The minimum Gasteiger partial charge on any atom is -0.379 e. The van der Waals surface area contributed by atoms with Crippen LogP contribution in [0.2, 0.25) is 0 Å². The Kier molecular flexibility index (Phi) is 8.88. The smallest absolute Gasteiger partial charge is 0.0594 e. The summed E-state index contributed by atoms with van der Waals surface area (Å²) in [4.78, 5) is 2.32. The molecule has 0 aliphatic carbocycles. The molecular formula is C9H24N2O. The predicted octanol–water partition coefficient (Wildman–Crippen LogP) is 0.940. The van der Waals surface area contributed by atoms with Crippen molar-refractivity contribution in [3.63, 3.8) is 0 Å². The van der Waals surface area contributed by atoms with E-state index in [-0.39, 0.29) is 1.43 Å². The molecule has 0 atom stereocenters. The molecule has 0 bridgehead atoms. The monoisotopic (exact) mass is 176 g/mol. The van der Waals surface area contributed by atoms with Crippen molar-refractivity contribution in [3.8, 4) is 0 Å². The van der Waals surface area contributed by atoms with Crippen LogP contribution in [0, 0.1) is 0 Å². The van der Waals surface area contributed by atoms with Crippen LogP contribution in [0.5, 0.6) is 0 Å². The Balaban J connectivity index is 0. The van der Waals surface area contributed by atoms with Gasteiger partial charge in [0.2, 0.25) is 0 Å². The molecule has 1 rings (SSSR count). The third-order valence-corrected chi connectivity index (χ3v) is 1.55. The number of nitrogens with zero attached hydrogens (tertiary/aromatic N) is 1. The normalized spacial score (nSPS) is 18.2. The molecule has 1 fully saturated rings. The van der Waals surface area contributed by atoms with E-state index in [1.807, 2.05) is 0 Å². The van der Waals surface area contributed by atoms with Crippen LogP contribution in [0.15, 0.2) is 0 Å². The second kappa shape index (κ2) is 8.97. The fourth-order valence-corrected chi connectivity index (χ4v) is 1.01. The van der Waals surface area contributed by atoms with E-state index >= 15 is 0 Å². The number of hydrogen-bond donors (Lipinski definition) is 1. The average Bonchev–Trinajstić information content (AvgIpc) is 2.08. The third kappa shape index (κ3) is 6.58. The molecule has 0 unspecified atom stereocenters. The van der Waals surface area contributed by atoms with Crippen LogP contribution in [-0.2, 0) is 4.74 Å². The Morgan fingerprint density at radius 1 is 1.33 bits per heavy atom.